The molecule has 0 bridgehead atoms. The summed E-state index contributed by atoms with van der Waals surface area (Å²) in [6.45, 7) is 0. The highest BCUT2D eigenvalue weighted by Gasteiger charge is 2.13. The van der Waals surface area contributed by atoms with Gasteiger partial charge in [0.15, 0.2) is 0 Å². The largest absolute Gasteiger partial charge is 0.309 e. The Hall–Kier alpha value is -5.54. The molecule has 0 atom stereocenters. The van der Waals surface area contributed by atoms with E-state index in [-0.39, 0.29) is 0 Å². The molecule has 6 aromatic carbocycles. The molecule has 8 aromatic rings. The standard InChI is InChI=1S/C38H25N3/c1-3-13-36-34(9-1)35-10-2-4-14-37(35)41(36)31-21-19-28(20-22-31)33-12-6-8-29-7-5-11-32(38(29)33)27-17-15-26(16-18-27)30-23-39-25-40-24-30/h1-25H. The summed E-state index contributed by atoms with van der Waals surface area (Å²) in [7, 11) is 0. The maximum absolute atomic E-state index is 4.17. The minimum Gasteiger partial charge on any atom is -0.309 e. The molecule has 0 N–H and O–H groups in total. The second-order valence-electron chi connectivity index (χ2n) is 10.3. The van der Waals surface area contributed by atoms with Crippen molar-refractivity contribution in [3.63, 3.8) is 0 Å². The SMILES string of the molecule is c1cc(-c2ccc(-c3cncnc3)cc2)c2c(-c3ccc(-n4c5ccccc5c5ccccc54)cc3)cccc2c1. The van der Waals surface area contributed by atoms with Gasteiger partial charge in [0.1, 0.15) is 6.33 Å². The van der Waals surface area contributed by atoms with Crippen LogP contribution in [0, 0.1) is 0 Å². The van der Waals surface area contributed by atoms with E-state index in [0.29, 0.717) is 0 Å². The van der Waals surface area contributed by atoms with Gasteiger partial charge in [-0.05, 0) is 62.9 Å². The molecule has 0 saturated carbocycles. The van der Waals surface area contributed by atoms with Crippen molar-refractivity contribution in [1.82, 2.24) is 14.5 Å². The zero-order valence-corrected chi connectivity index (χ0v) is 22.3. The van der Waals surface area contributed by atoms with E-state index in [1.165, 1.54) is 54.8 Å². The molecule has 8 rings (SSSR count). The van der Waals surface area contributed by atoms with Crippen LogP contribution in [0.15, 0.2) is 152 Å². The Morgan fingerprint density at radius 1 is 0.415 bits per heavy atom. The van der Waals surface area contributed by atoms with E-state index in [1.807, 2.05) is 12.4 Å². The normalized spacial score (nSPS) is 11.4. The van der Waals surface area contributed by atoms with E-state index in [0.717, 1.165) is 16.8 Å². The maximum Gasteiger partial charge on any atom is 0.115 e. The van der Waals surface area contributed by atoms with Crippen molar-refractivity contribution in [2.45, 2.75) is 0 Å². The molecule has 41 heavy (non-hydrogen) atoms. The van der Waals surface area contributed by atoms with Crippen molar-refractivity contribution in [3.8, 4) is 39.1 Å². The highest BCUT2D eigenvalue weighted by Crippen LogP contribution is 2.38. The number of hydrogen-bond donors (Lipinski definition) is 0. The van der Waals surface area contributed by atoms with Crippen LogP contribution >= 0.6 is 0 Å². The molecule has 3 heteroatoms. The van der Waals surface area contributed by atoms with Gasteiger partial charge >= 0.3 is 0 Å². The zero-order chi connectivity index (χ0) is 27.2. The molecule has 0 aliphatic rings. The zero-order valence-electron chi connectivity index (χ0n) is 22.3. The average Bonchev–Trinajstić information content (AvgIpc) is 3.39. The minimum absolute atomic E-state index is 1.01. The lowest BCUT2D eigenvalue weighted by atomic mass is 9.91. The van der Waals surface area contributed by atoms with Gasteiger partial charge in [0.25, 0.3) is 0 Å². The average molecular weight is 524 g/mol. The summed E-state index contributed by atoms with van der Waals surface area (Å²) in [6.07, 6.45) is 5.26. The molecule has 2 aromatic heterocycles. The number of hydrogen-bond acceptors (Lipinski definition) is 2. The Balaban J connectivity index is 1.24. The van der Waals surface area contributed by atoms with E-state index in [2.05, 4.69) is 148 Å². The van der Waals surface area contributed by atoms with E-state index in [1.54, 1.807) is 6.33 Å². The smallest absolute Gasteiger partial charge is 0.115 e. The first kappa shape index (κ1) is 23.4. The van der Waals surface area contributed by atoms with Crippen molar-refractivity contribution >= 4 is 32.6 Å². The highest BCUT2D eigenvalue weighted by atomic mass is 15.0. The van der Waals surface area contributed by atoms with Crippen molar-refractivity contribution in [2.24, 2.45) is 0 Å². The lowest BCUT2D eigenvalue weighted by Crippen LogP contribution is -1.94. The number of rotatable bonds is 4. The third-order valence-electron chi connectivity index (χ3n) is 8.01. The number of aromatic nitrogens is 3. The second kappa shape index (κ2) is 9.58. The van der Waals surface area contributed by atoms with Gasteiger partial charge in [-0.25, -0.2) is 9.97 Å². The Labute approximate surface area is 238 Å². The van der Waals surface area contributed by atoms with Crippen LogP contribution in [0.25, 0.3) is 71.6 Å². The predicted molar refractivity (Wildman–Crippen MR) is 170 cm³/mol. The van der Waals surface area contributed by atoms with Crippen LogP contribution in [0.2, 0.25) is 0 Å². The summed E-state index contributed by atoms with van der Waals surface area (Å²) in [5.74, 6) is 0. The topological polar surface area (TPSA) is 30.7 Å². The van der Waals surface area contributed by atoms with Crippen LogP contribution in [0.5, 0.6) is 0 Å². The van der Waals surface area contributed by atoms with Crippen molar-refractivity contribution in [2.75, 3.05) is 0 Å². The number of benzene rings is 6. The first-order valence-electron chi connectivity index (χ1n) is 13.8. The monoisotopic (exact) mass is 523 g/mol. The van der Waals surface area contributed by atoms with Crippen LogP contribution in [-0.4, -0.2) is 14.5 Å². The highest BCUT2D eigenvalue weighted by molar-refractivity contribution is 6.09. The Kier molecular flexibility index (Phi) is 5.46. The van der Waals surface area contributed by atoms with Crippen molar-refractivity contribution < 1.29 is 0 Å². The third-order valence-corrected chi connectivity index (χ3v) is 8.01. The molecule has 0 aliphatic carbocycles. The van der Waals surface area contributed by atoms with Crippen LogP contribution in [-0.2, 0) is 0 Å². The van der Waals surface area contributed by atoms with Gasteiger partial charge < -0.3 is 4.57 Å². The van der Waals surface area contributed by atoms with Crippen molar-refractivity contribution in [3.05, 3.63) is 152 Å². The van der Waals surface area contributed by atoms with Gasteiger partial charge in [-0.1, -0.05) is 109 Å². The first-order valence-corrected chi connectivity index (χ1v) is 13.8. The second-order valence-corrected chi connectivity index (χ2v) is 10.3. The molecular weight excluding hydrogens is 498 g/mol. The molecule has 0 saturated heterocycles. The Morgan fingerprint density at radius 3 is 1.51 bits per heavy atom. The quantitative estimate of drug-likeness (QED) is 0.230. The van der Waals surface area contributed by atoms with E-state index in [9.17, 15) is 0 Å². The van der Waals surface area contributed by atoms with Gasteiger partial charge in [-0.15, -0.1) is 0 Å². The third kappa shape index (κ3) is 3.90. The lowest BCUT2D eigenvalue weighted by Gasteiger charge is -2.14. The van der Waals surface area contributed by atoms with E-state index >= 15 is 0 Å². The fourth-order valence-electron chi connectivity index (χ4n) is 6.10. The molecule has 0 spiro atoms. The van der Waals surface area contributed by atoms with Gasteiger partial charge in [0.2, 0.25) is 0 Å². The van der Waals surface area contributed by atoms with E-state index < -0.39 is 0 Å². The predicted octanol–water partition coefficient (Wildman–Crippen LogP) is 9.73. The molecular formula is C38H25N3. The fraction of sp³-hybridized carbons (Fsp3) is 0. The number of para-hydroxylation sites is 2. The fourth-order valence-corrected chi connectivity index (χ4v) is 6.10. The molecule has 3 nitrogen and oxygen atoms in total. The Morgan fingerprint density at radius 2 is 0.927 bits per heavy atom. The number of nitrogens with zero attached hydrogens (tertiary/aromatic N) is 3. The summed E-state index contributed by atoms with van der Waals surface area (Å²) in [5, 5.41) is 5.04. The van der Waals surface area contributed by atoms with Crippen LogP contribution in [0.4, 0.5) is 0 Å². The van der Waals surface area contributed by atoms with Gasteiger partial charge in [0.05, 0.1) is 11.0 Å². The summed E-state index contributed by atoms with van der Waals surface area (Å²) in [4.78, 5) is 8.33. The van der Waals surface area contributed by atoms with Gasteiger partial charge in [-0.3, -0.25) is 0 Å². The lowest BCUT2D eigenvalue weighted by molar-refractivity contribution is 1.17. The van der Waals surface area contributed by atoms with Crippen LogP contribution < -0.4 is 0 Å². The van der Waals surface area contributed by atoms with Gasteiger partial charge in [0, 0.05) is 34.4 Å². The van der Waals surface area contributed by atoms with Crippen LogP contribution in [0.1, 0.15) is 0 Å². The summed E-state index contributed by atoms with van der Waals surface area (Å²) in [6, 6.07) is 48.1. The number of fused-ring (bicyclic) bond motifs is 4. The first-order chi connectivity index (χ1) is 20.3. The molecule has 0 aliphatic heterocycles. The van der Waals surface area contributed by atoms with Gasteiger partial charge in [-0.2, -0.15) is 0 Å². The summed E-state index contributed by atoms with van der Waals surface area (Å²) < 4.78 is 2.36. The Bertz CT molecular complexity index is 2120. The van der Waals surface area contributed by atoms with Crippen molar-refractivity contribution in [1.29, 1.82) is 0 Å². The molecule has 192 valence electrons. The summed E-state index contributed by atoms with van der Waals surface area (Å²) in [5.41, 5.74) is 10.6. The van der Waals surface area contributed by atoms with E-state index in [4.69, 9.17) is 0 Å². The molecule has 0 fully saturated rings. The molecule has 0 unspecified atom stereocenters. The maximum atomic E-state index is 4.17. The molecule has 0 radical (unpaired) electrons. The molecule has 2 heterocycles. The van der Waals surface area contributed by atoms with Crippen LogP contribution in [0.3, 0.4) is 0 Å². The minimum atomic E-state index is 1.01. The molecule has 0 amide bonds. The summed E-state index contributed by atoms with van der Waals surface area (Å²) >= 11 is 0.